The van der Waals surface area contributed by atoms with Gasteiger partial charge in [0.15, 0.2) is 11.5 Å². The second-order valence-electron chi connectivity index (χ2n) is 8.29. The Morgan fingerprint density at radius 3 is 2.64 bits per heavy atom. The molecule has 162 valence electrons. The third-order valence-electron chi connectivity index (χ3n) is 6.17. The molecule has 0 fully saturated rings. The number of rotatable bonds is 3. The molecule has 0 spiro atoms. The van der Waals surface area contributed by atoms with Gasteiger partial charge in [-0.15, -0.1) is 0 Å². The number of fused-ring (bicyclic) bond motifs is 3. The quantitative estimate of drug-likeness (QED) is 0.424. The highest BCUT2D eigenvalue weighted by atomic mass is 16.7. The van der Waals surface area contributed by atoms with E-state index in [4.69, 9.17) is 14.5 Å². The highest BCUT2D eigenvalue weighted by molar-refractivity contribution is 6.14. The lowest BCUT2D eigenvalue weighted by Crippen LogP contribution is -2.19. The Kier molecular flexibility index (Phi) is 4.80. The average Bonchev–Trinajstić information content (AvgIpc) is 3.31. The third kappa shape index (κ3) is 3.61. The van der Waals surface area contributed by atoms with Gasteiger partial charge in [0, 0.05) is 17.1 Å². The largest absolute Gasteiger partial charge is 0.454 e. The number of aromatic nitrogens is 1. The molecule has 0 unspecified atom stereocenters. The number of para-hydroxylation sites is 1. The number of carbonyl (C=O) groups is 1. The van der Waals surface area contributed by atoms with Gasteiger partial charge in [0.25, 0.3) is 5.91 Å². The SMILES string of the molecule is O=C(Nc1ccc2c(c1)OCO2)c1c2c(nc3ccccc13)/C(=C\c1ccccc1)CCC2. The van der Waals surface area contributed by atoms with Crippen LogP contribution in [0.5, 0.6) is 11.5 Å². The van der Waals surface area contributed by atoms with Crippen molar-refractivity contribution in [3.63, 3.8) is 0 Å². The number of allylic oxidation sites excluding steroid dienone is 1. The zero-order valence-corrected chi connectivity index (χ0v) is 18.0. The minimum atomic E-state index is -0.135. The topological polar surface area (TPSA) is 60.5 Å². The van der Waals surface area contributed by atoms with Crippen molar-refractivity contribution in [2.75, 3.05) is 12.1 Å². The summed E-state index contributed by atoms with van der Waals surface area (Å²) in [6.45, 7) is 0.200. The predicted molar refractivity (Wildman–Crippen MR) is 130 cm³/mol. The first-order chi connectivity index (χ1) is 16.3. The van der Waals surface area contributed by atoms with Crippen LogP contribution in [0.3, 0.4) is 0 Å². The molecule has 2 aliphatic rings. The van der Waals surface area contributed by atoms with E-state index < -0.39 is 0 Å². The van der Waals surface area contributed by atoms with Crippen molar-refractivity contribution in [1.82, 2.24) is 4.98 Å². The molecule has 1 aliphatic carbocycles. The van der Waals surface area contributed by atoms with E-state index in [1.807, 2.05) is 54.6 Å². The number of ether oxygens (including phenoxy) is 2. The number of amides is 1. The van der Waals surface area contributed by atoms with Gasteiger partial charge >= 0.3 is 0 Å². The summed E-state index contributed by atoms with van der Waals surface area (Å²) in [6.07, 6.45) is 4.94. The normalized spacial score (nSPS) is 15.5. The van der Waals surface area contributed by atoms with Gasteiger partial charge in [0.2, 0.25) is 6.79 Å². The molecule has 0 atom stereocenters. The Hall–Kier alpha value is -4.12. The molecule has 0 saturated heterocycles. The number of pyridine rings is 1. The van der Waals surface area contributed by atoms with Crippen molar-refractivity contribution in [3.8, 4) is 11.5 Å². The predicted octanol–water partition coefficient (Wildman–Crippen LogP) is 6.09. The molecule has 5 nitrogen and oxygen atoms in total. The second-order valence-corrected chi connectivity index (χ2v) is 8.29. The van der Waals surface area contributed by atoms with E-state index in [1.54, 1.807) is 6.07 Å². The second kappa shape index (κ2) is 8.10. The van der Waals surface area contributed by atoms with Gasteiger partial charge < -0.3 is 14.8 Å². The van der Waals surface area contributed by atoms with E-state index in [0.29, 0.717) is 22.7 Å². The minimum absolute atomic E-state index is 0.135. The van der Waals surface area contributed by atoms with Crippen LogP contribution in [0.15, 0.2) is 72.8 Å². The van der Waals surface area contributed by atoms with Crippen LogP contribution in [0.25, 0.3) is 22.6 Å². The zero-order valence-electron chi connectivity index (χ0n) is 18.0. The van der Waals surface area contributed by atoms with E-state index in [-0.39, 0.29) is 12.7 Å². The number of benzene rings is 3. The number of nitrogens with one attached hydrogen (secondary N) is 1. The lowest BCUT2D eigenvalue weighted by molar-refractivity contribution is 0.102. The summed E-state index contributed by atoms with van der Waals surface area (Å²) in [4.78, 5) is 18.6. The van der Waals surface area contributed by atoms with E-state index in [1.165, 1.54) is 5.57 Å². The third-order valence-corrected chi connectivity index (χ3v) is 6.17. The van der Waals surface area contributed by atoms with Crippen LogP contribution in [0, 0.1) is 0 Å². The van der Waals surface area contributed by atoms with Gasteiger partial charge in [-0.05, 0) is 60.2 Å². The lowest BCUT2D eigenvalue weighted by atomic mass is 9.85. The Morgan fingerprint density at radius 2 is 1.73 bits per heavy atom. The van der Waals surface area contributed by atoms with Gasteiger partial charge in [-0.1, -0.05) is 48.5 Å². The van der Waals surface area contributed by atoms with Crippen LogP contribution in [0.1, 0.15) is 40.0 Å². The molecule has 4 aromatic rings. The van der Waals surface area contributed by atoms with Gasteiger partial charge in [0.05, 0.1) is 16.8 Å². The van der Waals surface area contributed by atoms with Crippen LogP contribution in [0.4, 0.5) is 5.69 Å². The molecule has 6 rings (SSSR count). The maximum Gasteiger partial charge on any atom is 0.256 e. The van der Waals surface area contributed by atoms with Gasteiger partial charge in [-0.25, -0.2) is 4.98 Å². The van der Waals surface area contributed by atoms with E-state index in [9.17, 15) is 4.79 Å². The van der Waals surface area contributed by atoms with Gasteiger partial charge in [-0.2, -0.15) is 0 Å². The summed E-state index contributed by atoms with van der Waals surface area (Å²) in [5.74, 6) is 1.20. The first kappa shape index (κ1) is 19.6. The van der Waals surface area contributed by atoms with Crippen LogP contribution in [-0.2, 0) is 6.42 Å². The number of hydrogen-bond acceptors (Lipinski definition) is 4. The summed E-state index contributed by atoms with van der Waals surface area (Å²) in [5.41, 5.74) is 6.46. The van der Waals surface area contributed by atoms with Crippen molar-refractivity contribution in [2.45, 2.75) is 19.3 Å². The smallest absolute Gasteiger partial charge is 0.256 e. The summed E-state index contributed by atoms with van der Waals surface area (Å²) >= 11 is 0. The zero-order chi connectivity index (χ0) is 22.2. The average molecular weight is 434 g/mol. The summed E-state index contributed by atoms with van der Waals surface area (Å²) in [7, 11) is 0. The van der Waals surface area contributed by atoms with Crippen molar-refractivity contribution in [2.24, 2.45) is 0 Å². The molecule has 0 saturated carbocycles. The van der Waals surface area contributed by atoms with Crippen molar-refractivity contribution >= 4 is 34.1 Å². The molecule has 0 radical (unpaired) electrons. The molecule has 2 heterocycles. The maximum atomic E-state index is 13.6. The Balaban J connectivity index is 1.46. The van der Waals surface area contributed by atoms with Crippen LogP contribution in [-0.4, -0.2) is 17.7 Å². The van der Waals surface area contributed by atoms with Crippen molar-refractivity contribution in [1.29, 1.82) is 0 Å². The summed E-state index contributed by atoms with van der Waals surface area (Å²) < 4.78 is 10.9. The fraction of sp³-hybridized carbons (Fsp3) is 0.143. The fourth-order valence-electron chi connectivity index (χ4n) is 4.65. The number of nitrogens with zero attached hydrogens (tertiary/aromatic N) is 1. The van der Waals surface area contributed by atoms with E-state index in [0.717, 1.165) is 47.0 Å². The van der Waals surface area contributed by atoms with Crippen LogP contribution in [0.2, 0.25) is 0 Å². The lowest BCUT2D eigenvalue weighted by Gasteiger charge is -2.23. The maximum absolute atomic E-state index is 13.6. The highest BCUT2D eigenvalue weighted by Crippen LogP contribution is 2.37. The molecular weight excluding hydrogens is 412 g/mol. The first-order valence-corrected chi connectivity index (χ1v) is 11.1. The molecule has 1 N–H and O–H groups in total. The number of anilines is 1. The Labute approximate surface area is 191 Å². The first-order valence-electron chi connectivity index (χ1n) is 11.1. The molecule has 5 heteroatoms. The molecular formula is C28H22N2O3. The molecule has 1 aliphatic heterocycles. The van der Waals surface area contributed by atoms with E-state index in [2.05, 4.69) is 23.5 Å². The Bertz CT molecular complexity index is 1410. The fourth-order valence-corrected chi connectivity index (χ4v) is 4.65. The number of carbonyl (C=O) groups excluding carboxylic acids is 1. The highest BCUT2D eigenvalue weighted by Gasteiger charge is 2.25. The van der Waals surface area contributed by atoms with Crippen LogP contribution >= 0.6 is 0 Å². The molecule has 1 amide bonds. The van der Waals surface area contributed by atoms with Crippen LogP contribution < -0.4 is 14.8 Å². The Morgan fingerprint density at radius 1 is 0.909 bits per heavy atom. The van der Waals surface area contributed by atoms with Gasteiger partial charge in [0.1, 0.15) is 0 Å². The minimum Gasteiger partial charge on any atom is -0.454 e. The summed E-state index contributed by atoms with van der Waals surface area (Å²) in [6, 6.07) is 23.6. The van der Waals surface area contributed by atoms with Crippen molar-refractivity contribution in [3.05, 3.63) is 95.2 Å². The molecule has 33 heavy (non-hydrogen) atoms. The molecule has 0 bridgehead atoms. The monoisotopic (exact) mass is 434 g/mol. The molecule has 1 aromatic heterocycles. The van der Waals surface area contributed by atoms with E-state index >= 15 is 0 Å². The number of hydrogen-bond donors (Lipinski definition) is 1. The standard InChI is InChI=1S/C28H22N2O3/c31-28(29-20-13-14-24-25(16-20)33-17-32-24)26-21-10-4-5-12-23(21)30-27-19(9-6-11-22(26)27)15-18-7-2-1-3-8-18/h1-5,7-8,10,12-16H,6,9,11,17H2,(H,29,31)/b19-15-. The molecule has 3 aromatic carbocycles. The summed E-state index contributed by atoms with van der Waals surface area (Å²) in [5, 5.41) is 3.94. The van der Waals surface area contributed by atoms with Gasteiger partial charge in [-0.3, -0.25) is 4.79 Å². The van der Waals surface area contributed by atoms with Crippen molar-refractivity contribution < 1.29 is 14.3 Å².